The van der Waals surface area contributed by atoms with Crippen LogP contribution in [0.25, 0.3) is 143 Å². The van der Waals surface area contributed by atoms with Crippen molar-refractivity contribution in [3.05, 3.63) is 224 Å². The lowest BCUT2D eigenvalue weighted by Crippen LogP contribution is -2.04. The first kappa shape index (κ1) is 37.8. The first-order chi connectivity index (χ1) is 34.2. The van der Waals surface area contributed by atoms with Gasteiger partial charge in [0.1, 0.15) is 11.2 Å². The number of para-hydroxylation sites is 2. The van der Waals surface area contributed by atoms with Crippen molar-refractivity contribution in [2.75, 3.05) is 0 Å². The van der Waals surface area contributed by atoms with Crippen molar-refractivity contribution in [1.82, 2.24) is 24.1 Å². The van der Waals surface area contributed by atoms with E-state index in [9.17, 15) is 0 Å². The Bertz CT molecular complexity index is 4600. The van der Waals surface area contributed by atoms with Gasteiger partial charge in [0.15, 0.2) is 17.5 Å². The van der Waals surface area contributed by atoms with Gasteiger partial charge in [-0.05, 0) is 87.6 Å². The van der Waals surface area contributed by atoms with E-state index in [1.54, 1.807) is 0 Å². The van der Waals surface area contributed by atoms with Gasteiger partial charge in [-0.1, -0.05) is 164 Å². The van der Waals surface area contributed by atoms with Crippen LogP contribution in [0.1, 0.15) is 0 Å². The normalized spacial score (nSPS) is 12.1. The quantitative estimate of drug-likeness (QED) is 0.173. The lowest BCUT2D eigenvalue weighted by Gasteiger charge is -2.15. The van der Waals surface area contributed by atoms with Gasteiger partial charge in [0, 0.05) is 60.1 Å². The molecule has 0 saturated carbocycles. The number of aromatic nitrogens is 5. The Morgan fingerprint density at radius 2 is 0.913 bits per heavy atom. The number of hydrogen-bond donors (Lipinski definition) is 0. The zero-order valence-electron chi connectivity index (χ0n) is 37.0. The van der Waals surface area contributed by atoms with Crippen molar-refractivity contribution >= 4 is 97.9 Å². The Labute approximate surface area is 394 Å². The Balaban J connectivity index is 1.07. The van der Waals surface area contributed by atoms with Crippen LogP contribution < -0.4 is 0 Å². The molecule has 0 N–H and O–H groups in total. The van der Waals surface area contributed by atoms with Crippen molar-refractivity contribution in [3.63, 3.8) is 0 Å². The maximum Gasteiger partial charge on any atom is 0.166 e. The topological polar surface area (TPSA) is 61.7 Å². The summed E-state index contributed by atoms with van der Waals surface area (Å²) >= 11 is 0. The molecule has 69 heavy (non-hydrogen) atoms. The van der Waals surface area contributed by atoms with Crippen LogP contribution in [0.5, 0.6) is 0 Å². The van der Waals surface area contributed by atoms with Crippen LogP contribution in [-0.4, -0.2) is 24.1 Å². The van der Waals surface area contributed by atoms with Crippen LogP contribution in [0, 0.1) is 0 Å². The third kappa shape index (κ3) is 5.69. The van der Waals surface area contributed by atoms with Crippen LogP contribution in [0.2, 0.25) is 0 Å². The summed E-state index contributed by atoms with van der Waals surface area (Å²) in [7, 11) is 0. The number of hydrogen-bond acceptors (Lipinski definition) is 4. The monoisotopic (exact) mass is 879 g/mol. The van der Waals surface area contributed by atoms with E-state index >= 15 is 0 Å². The number of benzene rings is 11. The van der Waals surface area contributed by atoms with E-state index < -0.39 is 0 Å². The van der Waals surface area contributed by atoms with E-state index in [4.69, 9.17) is 19.4 Å². The van der Waals surface area contributed by atoms with Gasteiger partial charge in [-0.15, -0.1) is 0 Å². The smallest absolute Gasteiger partial charge is 0.166 e. The summed E-state index contributed by atoms with van der Waals surface area (Å²) < 4.78 is 11.7. The minimum atomic E-state index is 0.543. The molecule has 0 aliphatic carbocycles. The summed E-state index contributed by atoms with van der Waals surface area (Å²) in [5.41, 5.74) is 10.7. The van der Waals surface area contributed by atoms with Gasteiger partial charge in [0.2, 0.25) is 0 Å². The van der Waals surface area contributed by atoms with Gasteiger partial charge in [-0.2, -0.15) is 0 Å². The number of nitrogens with zero attached hydrogens (tertiary/aromatic N) is 5. The molecular weight excluding hydrogens is 843 g/mol. The second kappa shape index (κ2) is 14.6. The fraction of sp³-hybridized carbons (Fsp3) is 0. The molecule has 320 valence electrons. The van der Waals surface area contributed by atoms with Gasteiger partial charge in [-0.25, -0.2) is 15.0 Å². The van der Waals surface area contributed by atoms with Crippen LogP contribution in [0.3, 0.4) is 0 Å². The molecule has 0 spiro atoms. The summed E-state index contributed by atoms with van der Waals surface area (Å²) in [6.45, 7) is 0. The Hall–Kier alpha value is -9.39. The first-order valence-corrected chi connectivity index (χ1v) is 23.3. The number of rotatable bonds is 5. The molecule has 0 saturated heterocycles. The number of furan rings is 1. The predicted molar refractivity (Wildman–Crippen MR) is 285 cm³/mol. The van der Waals surface area contributed by atoms with Crippen LogP contribution in [0.4, 0.5) is 0 Å². The van der Waals surface area contributed by atoms with Gasteiger partial charge < -0.3 is 13.6 Å². The largest absolute Gasteiger partial charge is 0.455 e. The molecule has 15 aromatic rings. The van der Waals surface area contributed by atoms with Crippen molar-refractivity contribution in [1.29, 1.82) is 0 Å². The summed E-state index contributed by atoms with van der Waals surface area (Å²) in [6.07, 6.45) is 0. The molecular formula is C63H37N5O. The third-order valence-corrected chi connectivity index (χ3v) is 14.1. The minimum Gasteiger partial charge on any atom is -0.455 e. The first-order valence-electron chi connectivity index (χ1n) is 23.3. The van der Waals surface area contributed by atoms with E-state index in [2.05, 4.69) is 215 Å². The second-order valence-electron chi connectivity index (χ2n) is 18.0. The van der Waals surface area contributed by atoms with Crippen molar-refractivity contribution in [3.8, 4) is 45.5 Å². The van der Waals surface area contributed by atoms with E-state index in [0.29, 0.717) is 17.5 Å². The van der Waals surface area contributed by atoms with E-state index in [-0.39, 0.29) is 0 Å². The fourth-order valence-corrected chi connectivity index (χ4v) is 10.9. The van der Waals surface area contributed by atoms with E-state index in [1.807, 2.05) is 18.2 Å². The predicted octanol–water partition coefficient (Wildman–Crippen LogP) is 16.4. The Morgan fingerprint density at radius 3 is 1.72 bits per heavy atom. The highest BCUT2D eigenvalue weighted by Gasteiger charge is 2.24. The number of fused-ring (bicyclic) bond motifs is 14. The Kier molecular flexibility index (Phi) is 7.97. The molecule has 0 radical (unpaired) electrons. The maximum absolute atomic E-state index is 6.97. The highest BCUT2D eigenvalue weighted by Crippen LogP contribution is 2.44. The molecule has 4 aromatic heterocycles. The van der Waals surface area contributed by atoms with Crippen molar-refractivity contribution in [2.45, 2.75) is 0 Å². The summed E-state index contributed by atoms with van der Waals surface area (Å²) in [5, 5.41) is 13.7. The molecule has 0 unspecified atom stereocenters. The van der Waals surface area contributed by atoms with Crippen LogP contribution in [0.15, 0.2) is 229 Å². The summed E-state index contributed by atoms with van der Waals surface area (Å²) in [6, 6.07) is 79.8. The second-order valence-corrected chi connectivity index (χ2v) is 18.0. The molecule has 11 aromatic carbocycles. The summed E-state index contributed by atoms with van der Waals surface area (Å²) in [5.74, 6) is 1.70. The zero-order valence-corrected chi connectivity index (χ0v) is 37.0. The highest BCUT2D eigenvalue weighted by molar-refractivity contribution is 6.24. The highest BCUT2D eigenvalue weighted by atomic mass is 16.3. The molecule has 0 fully saturated rings. The minimum absolute atomic E-state index is 0.543. The molecule has 0 aliphatic rings. The van der Waals surface area contributed by atoms with Crippen molar-refractivity contribution < 1.29 is 4.42 Å². The van der Waals surface area contributed by atoms with E-state index in [0.717, 1.165) is 88.2 Å². The summed E-state index contributed by atoms with van der Waals surface area (Å²) in [4.78, 5) is 16.2. The average Bonchev–Trinajstić information content (AvgIpc) is 4.07. The molecule has 0 atom stereocenters. The van der Waals surface area contributed by atoms with Crippen LogP contribution in [-0.2, 0) is 0 Å². The molecule has 15 rings (SSSR count). The molecule has 0 aliphatic heterocycles. The molecule has 6 heteroatoms. The molecule has 0 amide bonds. The standard InChI is InChI=1S/C63H37N5O/c1-3-17-40(18-4-1)61-64-62(43-28-30-48-47-25-13-14-26-53(47)67(55(48)35-43)44-21-5-2-6-22-44)66-63(65-61)52-37-58-50(49-31-27-39-16-10-12-24-46(39)60(49)69-58)36-57(52)68-54-32-29-38-15-9-11-23-45(38)59(54)51-33-41-19-7-8-20-42(41)34-56(51)68/h1-37H. The lowest BCUT2D eigenvalue weighted by molar-refractivity contribution is 0.672. The molecule has 0 bridgehead atoms. The SMILES string of the molecule is c1ccc(-c2nc(-c3ccc4c5ccccc5n(-c5ccccc5)c4c3)nc(-c3cc4oc5c6ccccc6ccc5c4cc3-n3c4cc5ccccc5cc4c4c5ccccc5ccc43)n2)cc1. The average molecular weight is 880 g/mol. The third-order valence-electron chi connectivity index (χ3n) is 14.1. The van der Waals surface area contributed by atoms with Gasteiger partial charge >= 0.3 is 0 Å². The maximum atomic E-state index is 6.97. The van der Waals surface area contributed by atoms with Crippen LogP contribution >= 0.6 is 0 Å². The zero-order chi connectivity index (χ0) is 45.2. The van der Waals surface area contributed by atoms with Gasteiger partial charge in [0.25, 0.3) is 0 Å². The van der Waals surface area contributed by atoms with Crippen molar-refractivity contribution in [2.24, 2.45) is 0 Å². The van der Waals surface area contributed by atoms with Gasteiger partial charge in [0.05, 0.1) is 27.8 Å². The van der Waals surface area contributed by atoms with E-state index in [1.165, 1.54) is 37.7 Å². The molecule has 4 heterocycles. The molecule has 6 nitrogen and oxygen atoms in total. The Morgan fingerprint density at radius 1 is 0.319 bits per heavy atom. The van der Waals surface area contributed by atoms with Gasteiger partial charge in [-0.3, -0.25) is 0 Å². The fourth-order valence-electron chi connectivity index (χ4n) is 10.9. The lowest BCUT2D eigenvalue weighted by atomic mass is 10.0.